The molecule has 182 valence electrons. The Kier molecular flexibility index (Phi) is 6.19. The lowest BCUT2D eigenvalue weighted by Gasteiger charge is -2.34. The Bertz CT molecular complexity index is 1330. The van der Waals surface area contributed by atoms with Crippen LogP contribution >= 0.6 is 0 Å². The summed E-state index contributed by atoms with van der Waals surface area (Å²) in [7, 11) is -3.62. The number of fused-ring (bicyclic) bond motifs is 1. The lowest BCUT2D eigenvalue weighted by molar-refractivity contribution is 0.0189. The Morgan fingerprint density at radius 2 is 1.88 bits per heavy atom. The van der Waals surface area contributed by atoms with Crippen LogP contribution in [0.4, 0.5) is 20.7 Å². The maximum Gasteiger partial charge on any atom is 0.410 e. The average molecular weight is 491 g/mol. The van der Waals surface area contributed by atoms with Gasteiger partial charge in [0.2, 0.25) is 5.95 Å². The van der Waals surface area contributed by atoms with Crippen LogP contribution in [0.15, 0.2) is 35.7 Å². The molecule has 0 radical (unpaired) electrons. The molecule has 4 heterocycles. The third-order valence-corrected chi connectivity index (χ3v) is 6.46. The van der Waals surface area contributed by atoms with Crippen LogP contribution in [-0.4, -0.2) is 63.9 Å². The van der Waals surface area contributed by atoms with Crippen molar-refractivity contribution >= 4 is 38.5 Å². The van der Waals surface area contributed by atoms with Gasteiger partial charge >= 0.3 is 6.09 Å². The van der Waals surface area contributed by atoms with Crippen molar-refractivity contribution in [3.05, 3.63) is 36.7 Å². The van der Waals surface area contributed by atoms with Gasteiger partial charge in [-0.25, -0.2) is 28.2 Å². The van der Waals surface area contributed by atoms with E-state index in [-0.39, 0.29) is 22.8 Å². The minimum atomic E-state index is -3.62. The number of aromatic nitrogens is 4. The molecule has 12 heteroatoms. The molecule has 0 bridgehead atoms. The standard InChI is InChI=1S/C22H27FN6O4S/c1-22(2,3)33-21(30)28-10-7-14(8-11-28)29-12-9-15-19(24-13-25-20(15)29)26-16-5-6-17(27-18(16)23)34(4,31)32/h5-6,9,12-14H,7-8,10-11H2,1-4H3,(H,24,25,26). The number of rotatable bonds is 4. The molecular weight excluding hydrogens is 463 g/mol. The molecule has 1 aliphatic heterocycles. The molecule has 1 aliphatic rings. The number of likely N-dealkylation sites (tertiary alicyclic amines) is 1. The molecule has 34 heavy (non-hydrogen) atoms. The second kappa shape index (κ2) is 8.82. The lowest BCUT2D eigenvalue weighted by Crippen LogP contribution is -2.42. The van der Waals surface area contributed by atoms with E-state index in [9.17, 15) is 17.6 Å². The topological polar surface area (TPSA) is 119 Å². The predicted octanol–water partition coefficient (Wildman–Crippen LogP) is 3.68. The van der Waals surface area contributed by atoms with Crippen LogP contribution in [-0.2, 0) is 14.6 Å². The summed E-state index contributed by atoms with van der Waals surface area (Å²) >= 11 is 0. The highest BCUT2D eigenvalue weighted by Crippen LogP contribution is 2.31. The fraction of sp³-hybridized carbons (Fsp3) is 0.455. The van der Waals surface area contributed by atoms with Crippen LogP contribution in [0.25, 0.3) is 11.0 Å². The molecule has 4 rings (SSSR count). The molecule has 10 nitrogen and oxygen atoms in total. The van der Waals surface area contributed by atoms with E-state index in [1.54, 1.807) is 4.90 Å². The van der Waals surface area contributed by atoms with Crippen molar-refractivity contribution in [2.24, 2.45) is 0 Å². The van der Waals surface area contributed by atoms with E-state index in [0.29, 0.717) is 29.9 Å². The minimum Gasteiger partial charge on any atom is -0.444 e. The summed E-state index contributed by atoms with van der Waals surface area (Å²) in [4.78, 5) is 26.2. The molecule has 1 N–H and O–H groups in total. The summed E-state index contributed by atoms with van der Waals surface area (Å²) in [6.45, 7) is 6.67. The fourth-order valence-corrected chi connectivity index (χ4v) is 4.42. The summed E-state index contributed by atoms with van der Waals surface area (Å²) in [6, 6.07) is 4.53. The van der Waals surface area contributed by atoms with Gasteiger partial charge in [-0.15, -0.1) is 0 Å². The van der Waals surface area contributed by atoms with Gasteiger partial charge in [0, 0.05) is 31.6 Å². The van der Waals surface area contributed by atoms with Crippen LogP contribution in [0.2, 0.25) is 0 Å². The summed E-state index contributed by atoms with van der Waals surface area (Å²) in [6.07, 6.45) is 5.42. The van der Waals surface area contributed by atoms with Crippen molar-refractivity contribution in [3.63, 3.8) is 0 Å². The molecule has 0 aliphatic carbocycles. The number of hydrogen-bond acceptors (Lipinski definition) is 8. The molecule has 0 saturated carbocycles. The number of carbonyl (C=O) groups excluding carboxylic acids is 1. The molecule has 1 saturated heterocycles. The average Bonchev–Trinajstić information content (AvgIpc) is 3.18. The van der Waals surface area contributed by atoms with E-state index in [2.05, 4.69) is 20.3 Å². The van der Waals surface area contributed by atoms with Gasteiger partial charge in [0.25, 0.3) is 0 Å². The number of ether oxygens (including phenoxy) is 1. The van der Waals surface area contributed by atoms with E-state index in [4.69, 9.17) is 4.74 Å². The van der Waals surface area contributed by atoms with Gasteiger partial charge < -0.3 is 19.5 Å². The summed E-state index contributed by atoms with van der Waals surface area (Å²) in [5.41, 5.74) is 0.144. The third-order valence-electron chi connectivity index (χ3n) is 5.47. The van der Waals surface area contributed by atoms with Gasteiger partial charge in [0.1, 0.15) is 23.4 Å². The number of anilines is 2. The van der Waals surface area contributed by atoms with Crippen molar-refractivity contribution in [2.45, 2.75) is 50.3 Å². The number of hydrogen-bond donors (Lipinski definition) is 1. The van der Waals surface area contributed by atoms with Crippen molar-refractivity contribution in [3.8, 4) is 0 Å². The molecule has 3 aromatic heterocycles. The van der Waals surface area contributed by atoms with E-state index in [1.807, 2.05) is 37.6 Å². The van der Waals surface area contributed by atoms with Gasteiger partial charge in [0.05, 0.1) is 11.1 Å². The zero-order valence-corrected chi connectivity index (χ0v) is 20.3. The Hall–Kier alpha value is -3.28. The Balaban J connectivity index is 1.51. The zero-order chi connectivity index (χ0) is 24.7. The van der Waals surface area contributed by atoms with Crippen LogP contribution in [0.5, 0.6) is 0 Å². The molecule has 3 aromatic rings. The highest BCUT2D eigenvalue weighted by molar-refractivity contribution is 7.90. The smallest absolute Gasteiger partial charge is 0.410 e. The van der Waals surface area contributed by atoms with E-state index in [1.165, 1.54) is 18.5 Å². The largest absolute Gasteiger partial charge is 0.444 e. The number of piperidine rings is 1. The number of pyridine rings is 1. The van der Waals surface area contributed by atoms with Crippen LogP contribution in [0.3, 0.4) is 0 Å². The molecule has 1 amide bonds. The Morgan fingerprint density at radius 3 is 2.50 bits per heavy atom. The van der Waals surface area contributed by atoms with Gasteiger partial charge in [-0.2, -0.15) is 4.39 Å². The normalized spacial score (nSPS) is 15.5. The molecule has 0 atom stereocenters. The predicted molar refractivity (Wildman–Crippen MR) is 124 cm³/mol. The molecule has 1 fully saturated rings. The maximum absolute atomic E-state index is 14.4. The number of carbonyl (C=O) groups is 1. The van der Waals surface area contributed by atoms with Crippen molar-refractivity contribution < 1.29 is 22.3 Å². The number of nitrogens with zero attached hydrogens (tertiary/aromatic N) is 5. The molecular formula is C22H27FN6O4S. The Labute approximate surface area is 197 Å². The van der Waals surface area contributed by atoms with Crippen LogP contribution in [0, 0.1) is 5.95 Å². The molecule has 0 spiro atoms. The van der Waals surface area contributed by atoms with Crippen molar-refractivity contribution in [2.75, 3.05) is 24.7 Å². The van der Waals surface area contributed by atoms with Gasteiger partial charge in [0.15, 0.2) is 14.9 Å². The molecule has 0 unspecified atom stereocenters. The quantitative estimate of drug-likeness (QED) is 0.550. The van der Waals surface area contributed by atoms with Crippen molar-refractivity contribution in [1.82, 2.24) is 24.4 Å². The SMILES string of the molecule is CC(C)(C)OC(=O)N1CCC(n2ccc3c(Nc4ccc(S(C)(=O)=O)nc4F)ncnc32)CC1. The monoisotopic (exact) mass is 490 g/mol. The first kappa shape index (κ1) is 23.9. The summed E-state index contributed by atoms with van der Waals surface area (Å²) in [5, 5.41) is 3.23. The first-order valence-corrected chi connectivity index (χ1v) is 12.7. The number of nitrogens with one attached hydrogen (secondary N) is 1. The maximum atomic E-state index is 14.4. The van der Waals surface area contributed by atoms with E-state index >= 15 is 0 Å². The highest BCUT2D eigenvalue weighted by Gasteiger charge is 2.28. The van der Waals surface area contributed by atoms with Gasteiger partial charge in [-0.3, -0.25) is 0 Å². The van der Waals surface area contributed by atoms with E-state index in [0.717, 1.165) is 19.1 Å². The highest BCUT2D eigenvalue weighted by atomic mass is 32.2. The van der Waals surface area contributed by atoms with Gasteiger partial charge in [-0.05, 0) is 51.8 Å². The minimum absolute atomic E-state index is 0.00539. The molecule has 0 aromatic carbocycles. The number of halogens is 1. The second-order valence-electron chi connectivity index (χ2n) is 9.27. The zero-order valence-electron chi connectivity index (χ0n) is 19.4. The van der Waals surface area contributed by atoms with Crippen molar-refractivity contribution in [1.29, 1.82) is 0 Å². The van der Waals surface area contributed by atoms with Crippen LogP contribution < -0.4 is 5.32 Å². The number of sulfone groups is 1. The van der Waals surface area contributed by atoms with Gasteiger partial charge in [-0.1, -0.05) is 0 Å². The Morgan fingerprint density at radius 1 is 1.18 bits per heavy atom. The van der Waals surface area contributed by atoms with Crippen LogP contribution in [0.1, 0.15) is 39.7 Å². The second-order valence-corrected chi connectivity index (χ2v) is 11.2. The first-order chi connectivity index (χ1) is 15.9. The fourth-order valence-electron chi connectivity index (χ4n) is 3.86. The lowest BCUT2D eigenvalue weighted by atomic mass is 10.1. The first-order valence-electron chi connectivity index (χ1n) is 10.9. The third kappa shape index (κ3) is 5.11. The summed E-state index contributed by atoms with van der Waals surface area (Å²) in [5.74, 6) is -0.564. The van der Waals surface area contributed by atoms with E-state index < -0.39 is 21.4 Å². The summed E-state index contributed by atoms with van der Waals surface area (Å²) < 4.78 is 45.1. The number of amides is 1.